The summed E-state index contributed by atoms with van der Waals surface area (Å²) in [5, 5.41) is 0. The molecule has 0 aromatic heterocycles. The van der Waals surface area contributed by atoms with Gasteiger partial charge in [-0.3, -0.25) is 0 Å². The summed E-state index contributed by atoms with van der Waals surface area (Å²) in [6.07, 6.45) is 0. The van der Waals surface area contributed by atoms with Crippen LogP contribution in [-0.4, -0.2) is 18.9 Å². The molecule has 1 aliphatic carbocycles. The normalized spacial score (nSPS) is 13.6. The van der Waals surface area contributed by atoms with E-state index in [0.717, 1.165) is 0 Å². The molecule has 5 aromatic rings. The molecule has 1 radical (unpaired) electrons. The molecule has 36 heavy (non-hydrogen) atoms. The van der Waals surface area contributed by atoms with Gasteiger partial charge in [0, 0.05) is 0 Å². The van der Waals surface area contributed by atoms with E-state index in [-0.39, 0.29) is 18.9 Å². The molecule has 0 amide bonds. The van der Waals surface area contributed by atoms with E-state index in [9.17, 15) is 0 Å². The van der Waals surface area contributed by atoms with E-state index in [1.165, 1.54) is 56.0 Å². The van der Waals surface area contributed by atoms with E-state index >= 15 is 0 Å². The van der Waals surface area contributed by atoms with Crippen LogP contribution < -0.4 is 0 Å². The van der Waals surface area contributed by atoms with Gasteiger partial charge in [-0.25, -0.2) is 0 Å². The summed E-state index contributed by atoms with van der Waals surface area (Å²) in [6.45, 7) is 0. The quantitative estimate of drug-likeness (QED) is 0.235. The molecule has 0 saturated carbocycles. The van der Waals surface area contributed by atoms with Gasteiger partial charge < -0.3 is 0 Å². The van der Waals surface area contributed by atoms with Crippen LogP contribution in [0.15, 0.2) is 152 Å². The number of hydrogen-bond donors (Lipinski definition) is 0. The van der Waals surface area contributed by atoms with Crippen LogP contribution in [0.2, 0.25) is 0 Å². The third-order valence-electron chi connectivity index (χ3n) is 6.56. The van der Waals surface area contributed by atoms with E-state index in [1.807, 2.05) is 0 Å². The minimum atomic E-state index is 0. The second kappa shape index (κ2) is 10.8. The Hall–Kier alpha value is -3.82. The Morgan fingerprint density at radius 2 is 0.444 bits per heavy atom. The number of rotatable bonds is 5. The third-order valence-corrected chi connectivity index (χ3v) is 6.56. The number of hydrogen-bond acceptors (Lipinski definition) is 0. The molecule has 0 fully saturated rings. The first-order valence-electron chi connectivity index (χ1n) is 12.1. The predicted octanol–water partition coefficient (Wildman–Crippen LogP) is 8.20. The van der Waals surface area contributed by atoms with E-state index in [1.54, 1.807) is 0 Å². The number of benzene rings is 5. The van der Waals surface area contributed by atoms with Crippen molar-refractivity contribution in [3.05, 3.63) is 185 Å². The Bertz CT molecular complexity index is 1390. The van der Waals surface area contributed by atoms with Gasteiger partial charge in [-0.05, 0) is 50.1 Å². The maximum atomic E-state index is 2.23. The van der Waals surface area contributed by atoms with Gasteiger partial charge in [0.2, 0.25) is 0 Å². The fourth-order valence-electron chi connectivity index (χ4n) is 5.09. The van der Waals surface area contributed by atoms with Crippen molar-refractivity contribution in [3.8, 4) is 0 Å². The summed E-state index contributed by atoms with van der Waals surface area (Å²) in [7, 11) is 0. The topological polar surface area (TPSA) is 0 Å². The van der Waals surface area contributed by atoms with Crippen molar-refractivity contribution in [1.82, 2.24) is 0 Å². The largest absolute Gasteiger partial charge is 0.0654 e. The monoisotopic (exact) mass is 453 g/mol. The molecule has 0 aliphatic heterocycles. The molecule has 0 N–H and O–H groups in total. The third kappa shape index (κ3) is 4.43. The van der Waals surface area contributed by atoms with Gasteiger partial charge in [0.25, 0.3) is 0 Å². The van der Waals surface area contributed by atoms with Crippen molar-refractivity contribution < 1.29 is 0 Å². The summed E-state index contributed by atoms with van der Waals surface area (Å²) in [4.78, 5) is 0. The van der Waals surface area contributed by atoms with Gasteiger partial charge in [0.05, 0.1) is 5.92 Å². The van der Waals surface area contributed by atoms with Gasteiger partial charge in [0.15, 0.2) is 0 Å². The van der Waals surface area contributed by atoms with Crippen LogP contribution in [0.25, 0.3) is 22.3 Å². The van der Waals surface area contributed by atoms with E-state index in [0.29, 0.717) is 0 Å². The molecule has 5 aromatic carbocycles. The smallest absolute Gasteiger partial charge is 0.0622 e. The van der Waals surface area contributed by atoms with Crippen LogP contribution in [0, 0.1) is 5.92 Å². The molecule has 0 bridgehead atoms. The molecular formula is C35H26Li. The van der Waals surface area contributed by atoms with Crippen LogP contribution in [0.3, 0.4) is 0 Å². The van der Waals surface area contributed by atoms with Crippen molar-refractivity contribution >= 4 is 41.2 Å². The molecule has 0 spiro atoms. The van der Waals surface area contributed by atoms with Crippen molar-refractivity contribution in [2.24, 2.45) is 0 Å². The van der Waals surface area contributed by atoms with Crippen LogP contribution >= 0.6 is 0 Å². The fraction of sp³-hybridized carbons (Fsp3) is 0. The molecule has 167 valence electrons. The SMILES string of the molecule is [LiH].c1ccc([C]2C(c3ccccc3)=C(c3ccccc3)C(c3ccccc3)=C2c2ccccc2)cc1. The minimum Gasteiger partial charge on any atom is -0.0622 e. The first-order valence-corrected chi connectivity index (χ1v) is 12.1. The van der Waals surface area contributed by atoms with Gasteiger partial charge in [-0.2, -0.15) is 0 Å². The standard InChI is InChI=1S/C35H25.Li.H/c1-6-16-26(17-7-1)31-32(27-18-8-2-9-19-27)34(29-22-12-4-13-23-29)35(30-24-14-5-15-25-30)33(31)28-20-10-3-11-21-28;;/h1-25H;;. The molecule has 0 heterocycles. The van der Waals surface area contributed by atoms with E-state index < -0.39 is 0 Å². The molecule has 1 heteroatoms. The van der Waals surface area contributed by atoms with Crippen LogP contribution in [-0.2, 0) is 0 Å². The van der Waals surface area contributed by atoms with E-state index in [2.05, 4.69) is 152 Å². The molecule has 1 aliphatic rings. The van der Waals surface area contributed by atoms with Crippen molar-refractivity contribution in [1.29, 1.82) is 0 Å². The average Bonchev–Trinajstić information content (AvgIpc) is 3.32. The molecule has 0 nitrogen and oxygen atoms in total. The Labute approximate surface area is 225 Å². The Morgan fingerprint density at radius 1 is 0.222 bits per heavy atom. The Balaban J connectivity index is 0.00000267. The predicted molar refractivity (Wildman–Crippen MR) is 155 cm³/mol. The van der Waals surface area contributed by atoms with Crippen molar-refractivity contribution in [2.75, 3.05) is 0 Å². The second-order valence-corrected chi connectivity index (χ2v) is 8.71. The number of allylic oxidation sites excluding steroid dienone is 4. The van der Waals surface area contributed by atoms with Crippen LogP contribution in [0.5, 0.6) is 0 Å². The second-order valence-electron chi connectivity index (χ2n) is 8.71. The van der Waals surface area contributed by atoms with E-state index in [4.69, 9.17) is 0 Å². The van der Waals surface area contributed by atoms with Gasteiger partial charge in [0.1, 0.15) is 0 Å². The van der Waals surface area contributed by atoms with Crippen LogP contribution in [0.1, 0.15) is 27.8 Å². The molecule has 0 saturated heterocycles. The maximum Gasteiger partial charge on any atom is 0.0654 e. The van der Waals surface area contributed by atoms with Gasteiger partial charge >= 0.3 is 18.9 Å². The Kier molecular flexibility index (Phi) is 7.20. The zero-order valence-corrected chi connectivity index (χ0v) is 19.4. The fourth-order valence-corrected chi connectivity index (χ4v) is 5.09. The summed E-state index contributed by atoms with van der Waals surface area (Å²) < 4.78 is 0. The zero-order valence-electron chi connectivity index (χ0n) is 19.4. The molecule has 0 unspecified atom stereocenters. The molecule has 6 rings (SSSR count). The van der Waals surface area contributed by atoms with Gasteiger partial charge in [-0.15, -0.1) is 0 Å². The summed E-state index contributed by atoms with van der Waals surface area (Å²) in [5.74, 6) is 1.28. The molecular weight excluding hydrogens is 427 g/mol. The van der Waals surface area contributed by atoms with Gasteiger partial charge in [-0.1, -0.05) is 152 Å². The summed E-state index contributed by atoms with van der Waals surface area (Å²) in [5.41, 5.74) is 11.2. The average molecular weight is 454 g/mol. The van der Waals surface area contributed by atoms with Crippen molar-refractivity contribution in [2.45, 2.75) is 0 Å². The first kappa shape index (κ1) is 23.9. The van der Waals surface area contributed by atoms with Crippen LogP contribution in [0.4, 0.5) is 0 Å². The summed E-state index contributed by atoms with van der Waals surface area (Å²) in [6, 6.07) is 54.1. The first-order chi connectivity index (χ1) is 17.4. The molecule has 0 atom stereocenters. The summed E-state index contributed by atoms with van der Waals surface area (Å²) >= 11 is 0. The van der Waals surface area contributed by atoms with Crippen molar-refractivity contribution in [3.63, 3.8) is 0 Å². The minimum absolute atomic E-state index is 0. The maximum absolute atomic E-state index is 2.23. The Morgan fingerprint density at radius 3 is 0.722 bits per heavy atom. The zero-order chi connectivity index (χ0) is 23.5.